The molecule has 0 atom stereocenters. The van der Waals surface area contributed by atoms with Crippen molar-refractivity contribution in [3.63, 3.8) is 0 Å². The van der Waals surface area contributed by atoms with Gasteiger partial charge < -0.3 is 14.1 Å². The number of oxazole rings is 1. The van der Waals surface area contributed by atoms with Crippen LogP contribution in [0.2, 0.25) is 0 Å². The van der Waals surface area contributed by atoms with E-state index in [0.29, 0.717) is 29.5 Å². The van der Waals surface area contributed by atoms with Gasteiger partial charge in [0.2, 0.25) is 15.4 Å². The summed E-state index contributed by atoms with van der Waals surface area (Å²) in [6, 6.07) is 24.3. The fourth-order valence-corrected chi connectivity index (χ4v) is 6.94. The molecular weight excluding hydrogens is 508 g/mol. The van der Waals surface area contributed by atoms with Gasteiger partial charge in [-0.1, -0.05) is 48.5 Å². The van der Waals surface area contributed by atoms with Crippen molar-refractivity contribution in [1.82, 2.24) is 0 Å². The Hall–Kier alpha value is -4.36. The van der Waals surface area contributed by atoms with Gasteiger partial charge in [-0.15, -0.1) is 0 Å². The molecular formula is C32H29N2O4S+. The standard InChI is InChI=1S/C32H29N2O4S/c1-33-26-15-6-8-17-28(26)37-30(33)21-19-23-11-10-12-24(32(23)39(35,36)25-13-4-3-5-14-25)20-22-31-34(2)27-16-7-9-18-29(27)38-31/h3-9,13-22H,10-12H2,1-2H3/q+1. The maximum Gasteiger partial charge on any atom is 0.373 e. The summed E-state index contributed by atoms with van der Waals surface area (Å²) in [5.41, 5.74) is 4.25. The first-order chi connectivity index (χ1) is 18.9. The largest absolute Gasteiger partial charge is 0.439 e. The van der Waals surface area contributed by atoms with Crippen LogP contribution in [0.25, 0.3) is 17.2 Å². The quantitative estimate of drug-likeness (QED) is 0.273. The average molecular weight is 538 g/mol. The molecule has 2 heterocycles. The van der Waals surface area contributed by atoms with Crippen molar-refractivity contribution in [2.45, 2.75) is 24.2 Å². The molecule has 0 amide bonds. The summed E-state index contributed by atoms with van der Waals surface area (Å²) in [6.07, 6.45) is 9.65. The number of sulfone groups is 1. The number of aromatic nitrogens is 1. The molecule has 0 saturated heterocycles. The highest BCUT2D eigenvalue weighted by atomic mass is 32.2. The fourth-order valence-electron chi connectivity index (χ4n) is 5.16. The molecule has 6 nitrogen and oxygen atoms in total. The van der Waals surface area contributed by atoms with Crippen molar-refractivity contribution < 1.29 is 22.1 Å². The zero-order valence-electron chi connectivity index (χ0n) is 21.9. The lowest BCUT2D eigenvalue weighted by molar-refractivity contribution is -0.652. The van der Waals surface area contributed by atoms with Crippen LogP contribution < -0.4 is 14.2 Å². The summed E-state index contributed by atoms with van der Waals surface area (Å²) in [6.45, 7) is 0. The SMILES string of the molecule is CN1/C(=C/C=C2\CCCC(/C=C/c3oc4ccccc4[n+]3C)=C2S(=O)(=O)c2ccccc2)Oc2ccccc21. The molecule has 3 aromatic carbocycles. The van der Waals surface area contributed by atoms with Gasteiger partial charge in [-0.05, 0) is 72.9 Å². The number of hydrogen-bond donors (Lipinski definition) is 0. The monoisotopic (exact) mass is 537 g/mol. The van der Waals surface area contributed by atoms with Crippen LogP contribution in [0.3, 0.4) is 0 Å². The van der Waals surface area contributed by atoms with E-state index in [1.54, 1.807) is 24.3 Å². The van der Waals surface area contributed by atoms with Crippen LogP contribution in [0.5, 0.6) is 5.75 Å². The molecule has 6 rings (SSSR count). The fraction of sp³-hybridized carbons (Fsp3) is 0.156. The Morgan fingerprint density at radius 1 is 0.872 bits per heavy atom. The molecule has 7 heteroatoms. The minimum absolute atomic E-state index is 0.280. The Morgan fingerprint density at radius 2 is 1.62 bits per heavy atom. The highest BCUT2D eigenvalue weighted by molar-refractivity contribution is 7.95. The van der Waals surface area contributed by atoms with Crippen molar-refractivity contribution in [3.8, 4) is 5.75 Å². The Balaban J connectivity index is 1.45. The van der Waals surface area contributed by atoms with Gasteiger partial charge >= 0.3 is 5.89 Å². The number of aryl methyl sites for hydroxylation is 1. The van der Waals surface area contributed by atoms with Crippen molar-refractivity contribution in [3.05, 3.63) is 125 Å². The van der Waals surface area contributed by atoms with Crippen molar-refractivity contribution in [2.24, 2.45) is 7.05 Å². The molecule has 0 saturated carbocycles. The molecule has 0 spiro atoms. The van der Waals surface area contributed by atoms with E-state index in [-0.39, 0.29) is 4.90 Å². The number of para-hydroxylation sites is 4. The first kappa shape index (κ1) is 24.9. The van der Waals surface area contributed by atoms with E-state index >= 15 is 0 Å². The second kappa shape index (κ2) is 10.1. The third-order valence-corrected chi connectivity index (χ3v) is 9.15. The topological polar surface area (TPSA) is 63.6 Å². The number of benzene rings is 3. The molecule has 2 aliphatic rings. The number of hydrogen-bond acceptors (Lipinski definition) is 5. The number of nitrogens with zero attached hydrogens (tertiary/aromatic N) is 2. The minimum Gasteiger partial charge on any atom is -0.439 e. The van der Waals surface area contributed by atoms with Crippen LogP contribution in [0.4, 0.5) is 5.69 Å². The average Bonchev–Trinajstić information content (AvgIpc) is 3.47. The number of anilines is 1. The van der Waals surface area contributed by atoms with E-state index in [1.807, 2.05) is 102 Å². The Bertz CT molecular complexity index is 1790. The maximum atomic E-state index is 14.0. The molecule has 1 aliphatic carbocycles. The van der Waals surface area contributed by atoms with Gasteiger partial charge in [0.25, 0.3) is 5.52 Å². The molecule has 39 heavy (non-hydrogen) atoms. The zero-order chi connectivity index (χ0) is 27.0. The van der Waals surface area contributed by atoms with Crippen molar-refractivity contribution in [1.29, 1.82) is 0 Å². The van der Waals surface area contributed by atoms with Crippen LogP contribution in [-0.4, -0.2) is 15.5 Å². The Morgan fingerprint density at radius 3 is 2.41 bits per heavy atom. The number of fused-ring (bicyclic) bond motifs is 2. The van der Waals surface area contributed by atoms with Gasteiger partial charge in [0.1, 0.15) is 7.05 Å². The van der Waals surface area contributed by atoms with E-state index in [2.05, 4.69) is 0 Å². The van der Waals surface area contributed by atoms with Crippen LogP contribution in [-0.2, 0) is 16.9 Å². The predicted molar refractivity (Wildman–Crippen MR) is 153 cm³/mol. The second-order valence-electron chi connectivity index (χ2n) is 9.65. The molecule has 1 aromatic heterocycles. The highest BCUT2D eigenvalue weighted by Gasteiger charge is 2.30. The van der Waals surface area contributed by atoms with Crippen LogP contribution in [0, 0.1) is 0 Å². The zero-order valence-corrected chi connectivity index (χ0v) is 22.7. The lowest BCUT2D eigenvalue weighted by Crippen LogP contribution is -2.29. The molecule has 0 unspecified atom stereocenters. The first-order valence-corrected chi connectivity index (χ1v) is 14.4. The summed E-state index contributed by atoms with van der Waals surface area (Å²) in [5.74, 6) is 2.08. The van der Waals surface area contributed by atoms with E-state index in [9.17, 15) is 8.42 Å². The second-order valence-corrected chi connectivity index (χ2v) is 11.5. The van der Waals surface area contributed by atoms with Gasteiger partial charge in [-0.2, -0.15) is 4.57 Å². The van der Waals surface area contributed by atoms with E-state index in [4.69, 9.17) is 9.15 Å². The summed E-state index contributed by atoms with van der Waals surface area (Å²) in [4.78, 5) is 2.60. The maximum absolute atomic E-state index is 14.0. The molecule has 4 aromatic rings. The normalized spacial score (nSPS) is 17.9. The highest BCUT2D eigenvalue weighted by Crippen LogP contribution is 2.40. The lowest BCUT2D eigenvalue weighted by Gasteiger charge is -2.22. The number of rotatable bonds is 5. The molecule has 0 fully saturated rings. The predicted octanol–water partition coefficient (Wildman–Crippen LogP) is 6.48. The summed E-state index contributed by atoms with van der Waals surface area (Å²) in [5, 5.41) is 0. The van der Waals surface area contributed by atoms with Gasteiger partial charge in [0.05, 0.1) is 21.6 Å². The molecule has 1 aliphatic heterocycles. The Labute approximate surface area is 228 Å². The number of ether oxygens (including phenoxy) is 1. The summed E-state index contributed by atoms with van der Waals surface area (Å²) in [7, 11) is 0.108. The van der Waals surface area contributed by atoms with Crippen LogP contribution in [0.1, 0.15) is 25.2 Å². The third kappa shape index (κ3) is 4.59. The number of allylic oxidation sites excluding steroid dienone is 5. The molecule has 196 valence electrons. The molecule has 0 radical (unpaired) electrons. The van der Waals surface area contributed by atoms with Gasteiger partial charge in [0, 0.05) is 13.1 Å². The van der Waals surface area contributed by atoms with Gasteiger partial charge in [0.15, 0.2) is 11.6 Å². The van der Waals surface area contributed by atoms with Gasteiger partial charge in [-0.25, -0.2) is 8.42 Å². The van der Waals surface area contributed by atoms with E-state index < -0.39 is 9.84 Å². The van der Waals surface area contributed by atoms with Crippen LogP contribution >= 0.6 is 0 Å². The van der Waals surface area contributed by atoms with Crippen molar-refractivity contribution in [2.75, 3.05) is 11.9 Å². The van der Waals surface area contributed by atoms with Gasteiger partial charge in [-0.3, -0.25) is 0 Å². The minimum atomic E-state index is -3.77. The molecule has 0 bridgehead atoms. The summed E-state index contributed by atoms with van der Waals surface area (Å²) >= 11 is 0. The lowest BCUT2D eigenvalue weighted by atomic mass is 9.94. The third-order valence-electron chi connectivity index (χ3n) is 7.20. The summed E-state index contributed by atoms with van der Waals surface area (Å²) < 4.78 is 42.1. The van der Waals surface area contributed by atoms with E-state index in [0.717, 1.165) is 40.1 Å². The molecule has 0 N–H and O–H groups in total. The van der Waals surface area contributed by atoms with E-state index in [1.165, 1.54) is 0 Å². The van der Waals surface area contributed by atoms with Crippen molar-refractivity contribution >= 4 is 32.7 Å². The van der Waals surface area contributed by atoms with Crippen LogP contribution in [0.15, 0.2) is 128 Å². The first-order valence-electron chi connectivity index (χ1n) is 12.9. The smallest absolute Gasteiger partial charge is 0.373 e. The Kier molecular flexibility index (Phi) is 6.45.